The Morgan fingerprint density at radius 2 is 1.63 bits per heavy atom. The van der Waals surface area contributed by atoms with Crippen LogP contribution < -0.4 is 15.4 Å². The highest BCUT2D eigenvalue weighted by molar-refractivity contribution is 7.80. The van der Waals surface area contributed by atoms with Crippen molar-refractivity contribution in [2.45, 2.75) is 6.42 Å². The molecule has 0 aliphatic rings. The summed E-state index contributed by atoms with van der Waals surface area (Å²) in [5, 5.41) is 16.2. The summed E-state index contributed by atoms with van der Waals surface area (Å²) in [5.41, 5.74) is 2.00. The van der Waals surface area contributed by atoms with Gasteiger partial charge in [-0.25, -0.2) is 0 Å². The van der Waals surface area contributed by atoms with Gasteiger partial charge in [0.25, 0.3) is 11.6 Å². The van der Waals surface area contributed by atoms with Gasteiger partial charge in [0.05, 0.1) is 17.1 Å². The zero-order valence-corrected chi connectivity index (χ0v) is 16.7. The van der Waals surface area contributed by atoms with Gasteiger partial charge in [-0.1, -0.05) is 42.5 Å². The van der Waals surface area contributed by atoms with Crippen LogP contribution in [0.4, 0.5) is 11.4 Å². The van der Waals surface area contributed by atoms with E-state index in [0.717, 1.165) is 12.0 Å². The number of ether oxygens (including phenoxy) is 1. The zero-order valence-electron chi connectivity index (χ0n) is 15.9. The lowest BCUT2D eigenvalue weighted by molar-refractivity contribution is -0.384. The van der Waals surface area contributed by atoms with Crippen molar-refractivity contribution in [3.63, 3.8) is 0 Å². The predicted molar refractivity (Wildman–Crippen MR) is 119 cm³/mol. The number of carbonyl (C=O) groups excluding carboxylic acids is 1. The van der Waals surface area contributed by atoms with Crippen LogP contribution in [0.5, 0.6) is 5.75 Å². The van der Waals surface area contributed by atoms with E-state index in [0.29, 0.717) is 23.6 Å². The van der Waals surface area contributed by atoms with E-state index < -0.39 is 10.8 Å². The molecule has 0 atom stereocenters. The highest BCUT2D eigenvalue weighted by Gasteiger charge is 2.14. The molecule has 0 saturated heterocycles. The lowest BCUT2D eigenvalue weighted by Crippen LogP contribution is -2.34. The van der Waals surface area contributed by atoms with Crippen LogP contribution in [0, 0.1) is 10.1 Å². The van der Waals surface area contributed by atoms with E-state index in [1.54, 1.807) is 24.3 Å². The maximum atomic E-state index is 12.6. The van der Waals surface area contributed by atoms with Gasteiger partial charge in [-0.05, 0) is 42.0 Å². The lowest BCUT2D eigenvalue weighted by Gasteiger charge is -2.13. The lowest BCUT2D eigenvalue weighted by atomic mass is 10.1. The van der Waals surface area contributed by atoms with Crippen molar-refractivity contribution >= 4 is 34.6 Å². The van der Waals surface area contributed by atoms with E-state index in [1.165, 1.54) is 24.3 Å². The molecule has 3 aromatic rings. The van der Waals surface area contributed by atoms with Crippen LogP contribution in [0.25, 0.3) is 0 Å². The molecule has 8 heteroatoms. The van der Waals surface area contributed by atoms with E-state index in [4.69, 9.17) is 17.0 Å². The second kappa shape index (κ2) is 10.1. The van der Waals surface area contributed by atoms with Gasteiger partial charge in [0.1, 0.15) is 5.75 Å². The van der Waals surface area contributed by atoms with Crippen LogP contribution in [0.3, 0.4) is 0 Å². The molecule has 0 spiro atoms. The molecule has 0 heterocycles. The molecule has 3 aromatic carbocycles. The third-order valence-corrected chi connectivity index (χ3v) is 4.39. The van der Waals surface area contributed by atoms with Gasteiger partial charge in [0, 0.05) is 24.2 Å². The van der Waals surface area contributed by atoms with E-state index in [2.05, 4.69) is 10.6 Å². The Morgan fingerprint density at radius 1 is 0.967 bits per heavy atom. The van der Waals surface area contributed by atoms with Crippen molar-refractivity contribution in [1.82, 2.24) is 5.32 Å². The van der Waals surface area contributed by atoms with Crippen LogP contribution in [-0.2, 0) is 6.42 Å². The molecular weight excluding hydrogens is 402 g/mol. The summed E-state index contributed by atoms with van der Waals surface area (Å²) in [6.07, 6.45) is 0.719. The van der Waals surface area contributed by atoms with Gasteiger partial charge in [0.15, 0.2) is 5.11 Å². The molecule has 30 heavy (non-hydrogen) atoms. The Labute approximate surface area is 178 Å². The molecule has 7 nitrogen and oxygen atoms in total. The van der Waals surface area contributed by atoms with Crippen LogP contribution in [0.1, 0.15) is 15.9 Å². The fraction of sp³-hybridized carbons (Fsp3) is 0.0909. The highest BCUT2D eigenvalue weighted by Crippen LogP contribution is 2.19. The number of anilines is 1. The topological polar surface area (TPSA) is 93.5 Å². The Kier molecular flexibility index (Phi) is 7.07. The molecule has 0 aromatic heterocycles. The van der Waals surface area contributed by atoms with Crippen molar-refractivity contribution < 1.29 is 14.5 Å². The maximum Gasteiger partial charge on any atom is 0.269 e. The second-order valence-electron chi connectivity index (χ2n) is 6.29. The minimum atomic E-state index is -0.487. The number of nitro benzene ring substituents is 1. The zero-order chi connectivity index (χ0) is 21.3. The first-order valence-corrected chi connectivity index (χ1v) is 9.56. The van der Waals surface area contributed by atoms with Crippen molar-refractivity contribution in [3.8, 4) is 5.75 Å². The fourth-order valence-corrected chi connectivity index (χ4v) is 2.91. The molecule has 0 aliphatic heterocycles. The molecule has 0 aliphatic carbocycles. The minimum absolute atomic E-state index is 0.0305. The molecule has 1 amide bonds. The van der Waals surface area contributed by atoms with Crippen molar-refractivity contribution in [2.24, 2.45) is 0 Å². The molecule has 0 radical (unpaired) electrons. The predicted octanol–water partition coefficient (Wildman–Crippen LogP) is 4.34. The number of nitrogens with zero attached hydrogens (tertiary/aromatic N) is 1. The smallest absolute Gasteiger partial charge is 0.269 e. The van der Waals surface area contributed by atoms with E-state index >= 15 is 0 Å². The summed E-state index contributed by atoms with van der Waals surface area (Å²) in [7, 11) is 0. The Balaban J connectivity index is 1.58. The molecule has 3 rings (SSSR count). The van der Waals surface area contributed by atoms with Gasteiger partial charge in [-0.3, -0.25) is 20.2 Å². The van der Waals surface area contributed by atoms with E-state index in [9.17, 15) is 14.9 Å². The number of amides is 1. The Bertz CT molecular complexity index is 1040. The molecule has 0 unspecified atom stereocenters. The van der Waals surface area contributed by atoms with Gasteiger partial charge < -0.3 is 10.1 Å². The number of carbonyl (C=O) groups is 1. The number of hydrogen-bond donors (Lipinski definition) is 2. The molecular formula is C22H19N3O4S. The average molecular weight is 421 g/mol. The highest BCUT2D eigenvalue weighted by atomic mass is 32.1. The number of thiocarbonyl (C=S) groups is 1. The summed E-state index contributed by atoms with van der Waals surface area (Å²) >= 11 is 5.17. The standard InChI is InChI=1S/C22H19N3O4S/c26-21(24-22(30)23-17-10-12-18(13-11-17)25(27)28)19-8-4-5-9-20(19)29-15-14-16-6-2-1-3-7-16/h1-13H,14-15H2,(H2,23,24,26,30). The number of benzene rings is 3. The molecule has 0 fully saturated rings. The van der Waals surface area contributed by atoms with Crippen molar-refractivity contribution in [1.29, 1.82) is 0 Å². The monoisotopic (exact) mass is 421 g/mol. The summed E-state index contributed by atoms with van der Waals surface area (Å²) in [4.78, 5) is 22.9. The number of non-ortho nitro benzene ring substituents is 1. The van der Waals surface area contributed by atoms with Crippen molar-refractivity contribution in [2.75, 3.05) is 11.9 Å². The summed E-state index contributed by atoms with van der Waals surface area (Å²) in [5.74, 6) is 0.0498. The molecule has 2 N–H and O–H groups in total. The van der Waals surface area contributed by atoms with Crippen LogP contribution >= 0.6 is 12.2 Å². The number of nitro groups is 1. The Hall–Kier alpha value is -3.78. The number of hydrogen-bond acceptors (Lipinski definition) is 5. The van der Waals surface area contributed by atoms with Crippen LogP contribution in [0.15, 0.2) is 78.9 Å². The maximum absolute atomic E-state index is 12.6. The second-order valence-corrected chi connectivity index (χ2v) is 6.70. The number of nitrogens with one attached hydrogen (secondary N) is 2. The summed E-state index contributed by atoms with van der Waals surface area (Å²) < 4.78 is 5.81. The fourth-order valence-electron chi connectivity index (χ4n) is 2.70. The van der Waals surface area contributed by atoms with Gasteiger partial charge in [-0.2, -0.15) is 0 Å². The first kappa shape index (κ1) is 20.9. The largest absolute Gasteiger partial charge is 0.492 e. The summed E-state index contributed by atoms with van der Waals surface area (Å²) in [6.45, 7) is 0.430. The van der Waals surface area contributed by atoms with Crippen LogP contribution in [-0.4, -0.2) is 22.5 Å². The molecule has 0 bridgehead atoms. The third kappa shape index (κ3) is 5.86. The SMILES string of the molecule is O=C(NC(=S)Nc1ccc([N+](=O)[O-])cc1)c1ccccc1OCCc1ccccc1. The number of rotatable bonds is 7. The first-order chi connectivity index (χ1) is 14.5. The first-order valence-electron chi connectivity index (χ1n) is 9.15. The van der Waals surface area contributed by atoms with Gasteiger partial charge in [0.2, 0.25) is 0 Å². The van der Waals surface area contributed by atoms with Gasteiger partial charge >= 0.3 is 0 Å². The molecule has 0 saturated carbocycles. The normalized spacial score (nSPS) is 10.1. The molecule has 152 valence electrons. The summed E-state index contributed by atoms with van der Waals surface area (Å²) in [6, 6.07) is 22.6. The van der Waals surface area contributed by atoms with Gasteiger partial charge in [-0.15, -0.1) is 0 Å². The third-order valence-electron chi connectivity index (χ3n) is 4.19. The number of para-hydroxylation sites is 1. The van der Waals surface area contributed by atoms with E-state index in [1.807, 2.05) is 30.3 Å². The van der Waals surface area contributed by atoms with Crippen LogP contribution in [0.2, 0.25) is 0 Å². The van der Waals surface area contributed by atoms with Crippen molar-refractivity contribution in [3.05, 3.63) is 100 Å². The quantitative estimate of drug-likeness (QED) is 0.335. The average Bonchev–Trinajstić information content (AvgIpc) is 2.75. The Morgan fingerprint density at radius 3 is 2.33 bits per heavy atom. The minimum Gasteiger partial charge on any atom is -0.492 e. The van der Waals surface area contributed by atoms with E-state index in [-0.39, 0.29) is 10.8 Å².